The average Bonchev–Trinajstić information content (AvgIpc) is 3.35. The van der Waals surface area contributed by atoms with E-state index >= 15 is 0 Å². The first-order chi connectivity index (χ1) is 13.3. The molecule has 0 unspecified atom stereocenters. The van der Waals surface area contributed by atoms with E-state index in [1.54, 1.807) is 0 Å². The van der Waals surface area contributed by atoms with E-state index in [1.165, 1.54) is 30.9 Å². The molecule has 6 nitrogen and oxygen atoms in total. The molecule has 2 aromatic heterocycles. The van der Waals surface area contributed by atoms with Crippen molar-refractivity contribution in [1.82, 2.24) is 29.6 Å². The molecule has 3 aromatic rings. The lowest BCUT2D eigenvalue weighted by atomic mass is 10.3. The number of para-hydroxylation sites is 1. The van der Waals surface area contributed by atoms with E-state index < -0.39 is 0 Å². The van der Waals surface area contributed by atoms with Gasteiger partial charge in [-0.2, -0.15) is 0 Å². The van der Waals surface area contributed by atoms with Crippen LogP contribution in [0.25, 0.3) is 5.69 Å². The first kappa shape index (κ1) is 18.1. The molecule has 8 heteroatoms. The fourth-order valence-electron chi connectivity index (χ4n) is 3.24. The summed E-state index contributed by atoms with van der Waals surface area (Å²) in [7, 11) is 0. The quantitative estimate of drug-likeness (QED) is 0.606. The van der Waals surface area contributed by atoms with Gasteiger partial charge in [0.25, 0.3) is 0 Å². The summed E-state index contributed by atoms with van der Waals surface area (Å²) in [6.07, 6.45) is 4.35. The van der Waals surface area contributed by atoms with Gasteiger partial charge in [-0.05, 0) is 56.2 Å². The van der Waals surface area contributed by atoms with Crippen molar-refractivity contribution in [1.29, 1.82) is 0 Å². The number of aromatic nitrogens is 5. The second kappa shape index (κ2) is 8.14. The molecule has 0 atom stereocenters. The average molecular weight is 384 g/mol. The second-order valence-corrected chi connectivity index (χ2v) is 7.40. The lowest BCUT2D eigenvalue weighted by Gasteiger charge is -2.16. The first-order valence-electron chi connectivity index (χ1n) is 9.15. The summed E-state index contributed by atoms with van der Waals surface area (Å²) in [6, 6.07) is 9.94. The zero-order valence-corrected chi connectivity index (χ0v) is 16.0. The van der Waals surface area contributed by atoms with Crippen LogP contribution in [0.4, 0.5) is 4.39 Å². The van der Waals surface area contributed by atoms with Crippen molar-refractivity contribution in [3.63, 3.8) is 0 Å². The highest BCUT2D eigenvalue weighted by Crippen LogP contribution is 2.30. The van der Waals surface area contributed by atoms with Crippen molar-refractivity contribution < 1.29 is 4.39 Å². The van der Waals surface area contributed by atoms with Crippen LogP contribution in [-0.4, -0.2) is 42.7 Å². The van der Waals surface area contributed by atoms with Crippen LogP contribution in [0.3, 0.4) is 0 Å². The zero-order valence-electron chi connectivity index (χ0n) is 15.2. The summed E-state index contributed by atoms with van der Waals surface area (Å²) >= 11 is 1.19. The molecule has 1 aliphatic heterocycles. The monoisotopic (exact) mass is 384 g/mol. The van der Waals surface area contributed by atoms with Crippen molar-refractivity contribution in [2.45, 2.75) is 42.9 Å². The molecule has 140 valence electrons. The molecule has 1 saturated heterocycles. The molecule has 0 spiro atoms. The fraction of sp³-hybridized carbons (Fsp3) is 0.368. The van der Waals surface area contributed by atoms with Crippen LogP contribution >= 0.6 is 11.8 Å². The molecule has 27 heavy (non-hydrogen) atoms. The number of hydrogen-bond donors (Lipinski definition) is 0. The minimum Gasteiger partial charge on any atom is -0.296 e. The van der Waals surface area contributed by atoms with Crippen LogP contribution in [0.1, 0.15) is 31.3 Å². The smallest absolute Gasteiger partial charge is 0.202 e. The van der Waals surface area contributed by atoms with Crippen LogP contribution in [-0.2, 0) is 13.0 Å². The molecule has 0 radical (unpaired) electrons. The van der Waals surface area contributed by atoms with Gasteiger partial charge in [0.15, 0.2) is 11.6 Å². The molecular weight excluding hydrogens is 363 g/mol. The van der Waals surface area contributed by atoms with Crippen LogP contribution in [0.2, 0.25) is 0 Å². The number of nitrogens with zero attached hydrogens (tertiary/aromatic N) is 6. The molecule has 1 fully saturated rings. The molecule has 0 N–H and O–H groups in total. The minimum atomic E-state index is -0.381. The number of rotatable bonds is 6. The van der Waals surface area contributed by atoms with Gasteiger partial charge in [0.05, 0.1) is 12.2 Å². The van der Waals surface area contributed by atoms with Gasteiger partial charge in [-0.1, -0.05) is 25.1 Å². The molecule has 0 bridgehead atoms. The summed E-state index contributed by atoms with van der Waals surface area (Å²) in [5.74, 6) is 0.476. The maximum absolute atomic E-state index is 14.6. The van der Waals surface area contributed by atoms with Crippen molar-refractivity contribution in [2.75, 3.05) is 13.1 Å². The van der Waals surface area contributed by atoms with E-state index in [0.717, 1.165) is 31.1 Å². The largest absolute Gasteiger partial charge is 0.296 e. The van der Waals surface area contributed by atoms with Gasteiger partial charge in [0.1, 0.15) is 11.4 Å². The van der Waals surface area contributed by atoms with Crippen LogP contribution in [0.15, 0.2) is 46.8 Å². The molecule has 0 amide bonds. The summed E-state index contributed by atoms with van der Waals surface area (Å²) in [5.41, 5.74) is 1.37. The molecule has 1 aromatic carbocycles. The molecule has 0 aliphatic carbocycles. The number of hydrogen-bond acceptors (Lipinski definition) is 6. The van der Waals surface area contributed by atoms with Gasteiger partial charge in [0, 0.05) is 5.69 Å². The summed E-state index contributed by atoms with van der Waals surface area (Å²) in [6.45, 7) is 4.75. The summed E-state index contributed by atoms with van der Waals surface area (Å²) < 4.78 is 16.6. The van der Waals surface area contributed by atoms with Crippen molar-refractivity contribution in [2.24, 2.45) is 0 Å². The Bertz CT molecular complexity index is 908. The Labute approximate surface area is 161 Å². The standard InChI is InChI=1S/C19H21FN6S/c1-2-15-17(20)18(22-13-21-15)27-19-24-23-16(12-25-10-6-7-11-25)26(19)14-8-4-3-5-9-14/h3-5,8-9,13H,2,6-7,10-12H2,1H3. The van der Waals surface area contributed by atoms with E-state index in [1.807, 2.05) is 41.8 Å². The summed E-state index contributed by atoms with van der Waals surface area (Å²) in [4.78, 5) is 10.5. The SMILES string of the molecule is CCc1ncnc(Sc2nnc(CN3CCCC3)n2-c2ccccc2)c1F. The second-order valence-electron chi connectivity index (χ2n) is 6.45. The third-order valence-electron chi connectivity index (χ3n) is 4.63. The van der Waals surface area contributed by atoms with Crippen molar-refractivity contribution in [3.05, 3.63) is 54.0 Å². The Hall–Kier alpha value is -2.32. The van der Waals surface area contributed by atoms with Gasteiger partial charge in [-0.25, -0.2) is 14.4 Å². The highest BCUT2D eigenvalue weighted by molar-refractivity contribution is 7.99. The Morgan fingerprint density at radius 1 is 1.07 bits per heavy atom. The van der Waals surface area contributed by atoms with Gasteiger partial charge >= 0.3 is 0 Å². The van der Waals surface area contributed by atoms with Gasteiger partial charge < -0.3 is 0 Å². The highest BCUT2D eigenvalue weighted by Gasteiger charge is 2.21. The number of benzene rings is 1. The van der Waals surface area contributed by atoms with Gasteiger partial charge in [-0.15, -0.1) is 10.2 Å². The fourth-order valence-corrected chi connectivity index (χ4v) is 4.10. The Balaban J connectivity index is 1.71. The van der Waals surface area contributed by atoms with Crippen molar-refractivity contribution in [3.8, 4) is 5.69 Å². The zero-order chi connectivity index (χ0) is 18.6. The van der Waals surface area contributed by atoms with E-state index in [9.17, 15) is 4.39 Å². The maximum Gasteiger partial charge on any atom is 0.202 e. The minimum absolute atomic E-state index is 0.277. The third-order valence-corrected chi connectivity index (χ3v) is 5.56. The lowest BCUT2D eigenvalue weighted by molar-refractivity contribution is 0.319. The number of halogens is 1. The molecule has 1 aliphatic rings. The van der Waals surface area contributed by atoms with E-state index in [4.69, 9.17) is 0 Å². The molecule has 4 rings (SSSR count). The van der Waals surface area contributed by atoms with Gasteiger partial charge in [-0.3, -0.25) is 9.47 Å². The Kier molecular flexibility index (Phi) is 5.45. The molecule has 3 heterocycles. The van der Waals surface area contributed by atoms with E-state index in [0.29, 0.717) is 17.3 Å². The Morgan fingerprint density at radius 2 is 1.85 bits per heavy atom. The van der Waals surface area contributed by atoms with Crippen LogP contribution in [0.5, 0.6) is 0 Å². The molecular formula is C19H21FN6S. The van der Waals surface area contributed by atoms with E-state index in [-0.39, 0.29) is 10.8 Å². The van der Waals surface area contributed by atoms with Crippen molar-refractivity contribution >= 4 is 11.8 Å². The van der Waals surface area contributed by atoms with Crippen LogP contribution in [0, 0.1) is 5.82 Å². The molecule has 0 saturated carbocycles. The predicted molar refractivity (Wildman–Crippen MR) is 101 cm³/mol. The number of aryl methyl sites for hydroxylation is 1. The maximum atomic E-state index is 14.6. The first-order valence-corrected chi connectivity index (χ1v) is 9.97. The van der Waals surface area contributed by atoms with Crippen LogP contribution < -0.4 is 0 Å². The lowest BCUT2D eigenvalue weighted by Crippen LogP contribution is -2.21. The highest BCUT2D eigenvalue weighted by atomic mass is 32.2. The predicted octanol–water partition coefficient (Wildman–Crippen LogP) is 3.51. The van der Waals surface area contributed by atoms with E-state index in [2.05, 4.69) is 25.1 Å². The normalized spacial score (nSPS) is 14.7. The summed E-state index contributed by atoms with van der Waals surface area (Å²) in [5, 5.41) is 9.64. The Morgan fingerprint density at radius 3 is 2.59 bits per heavy atom. The number of likely N-dealkylation sites (tertiary alicyclic amines) is 1. The topological polar surface area (TPSA) is 59.7 Å². The third kappa shape index (κ3) is 3.86. The van der Waals surface area contributed by atoms with Gasteiger partial charge in [0.2, 0.25) is 5.16 Å².